The standard InChI is InChI=1S/C13H24/c1-5-12-9(3)13(10(12)4)7-11-6-8(11)2/h8-13H,5-7H2,1-4H3. The molecule has 0 aromatic carbocycles. The molecule has 0 radical (unpaired) electrons. The van der Waals surface area contributed by atoms with E-state index in [2.05, 4.69) is 27.7 Å². The van der Waals surface area contributed by atoms with Crippen LogP contribution in [0.4, 0.5) is 0 Å². The maximum Gasteiger partial charge on any atom is -0.0354 e. The molecule has 0 N–H and O–H groups in total. The first-order chi connectivity index (χ1) is 6.15. The van der Waals surface area contributed by atoms with Crippen LogP contribution < -0.4 is 0 Å². The van der Waals surface area contributed by atoms with Crippen molar-refractivity contribution >= 4 is 0 Å². The minimum absolute atomic E-state index is 1.02. The van der Waals surface area contributed by atoms with Crippen LogP contribution in [0.1, 0.15) is 47.0 Å². The second kappa shape index (κ2) is 3.29. The van der Waals surface area contributed by atoms with Crippen molar-refractivity contribution in [2.24, 2.45) is 35.5 Å². The van der Waals surface area contributed by atoms with Crippen molar-refractivity contribution < 1.29 is 0 Å². The summed E-state index contributed by atoms with van der Waals surface area (Å²) in [7, 11) is 0. The van der Waals surface area contributed by atoms with Crippen LogP contribution in [0, 0.1) is 35.5 Å². The van der Waals surface area contributed by atoms with Gasteiger partial charge in [-0.2, -0.15) is 0 Å². The SMILES string of the molecule is CCC1C(C)C(CC2CC2C)C1C. The van der Waals surface area contributed by atoms with Crippen molar-refractivity contribution in [2.45, 2.75) is 47.0 Å². The molecule has 0 aliphatic heterocycles. The van der Waals surface area contributed by atoms with Gasteiger partial charge in [-0.05, 0) is 48.3 Å². The van der Waals surface area contributed by atoms with E-state index in [9.17, 15) is 0 Å². The molecule has 0 amide bonds. The van der Waals surface area contributed by atoms with E-state index in [0.29, 0.717) is 0 Å². The van der Waals surface area contributed by atoms with Crippen LogP contribution in [-0.4, -0.2) is 0 Å². The number of hydrogen-bond acceptors (Lipinski definition) is 0. The van der Waals surface area contributed by atoms with Crippen molar-refractivity contribution in [3.8, 4) is 0 Å². The second-order valence-electron chi connectivity index (χ2n) is 5.66. The van der Waals surface area contributed by atoms with E-state index in [1.54, 1.807) is 6.42 Å². The Morgan fingerprint density at radius 1 is 1.00 bits per heavy atom. The molecule has 4 atom stereocenters. The summed E-state index contributed by atoms with van der Waals surface area (Å²) in [5.41, 5.74) is 0. The Labute approximate surface area is 83.1 Å². The predicted octanol–water partition coefficient (Wildman–Crippen LogP) is 3.96. The largest absolute Gasteiger partial charge is 0.0651 e. The average Bonchev–Trinajstić information content (AvgIpc) is 2.79. The Morgan fingerprint density at radius 3 is 1.92 bits per heavy atom. The van der Waals surface area contributed by atoms with E-state index in [0.717, 1.165) is 35.5 Å². The number of hydrogen-bond donors (Lipinski definition) is 0. The predicted molar refractivity (Wildman–Crippen MR) is 57.5 cm³/mol. The van der Waals surface area contributed by atoms with Gasteiger partial charge in [-0.25, -0.2) is 0 Å². The van der Waals surface area contributed by atoms with E-state index in [1.807, 2.05) is 0 Å². The van der Waals surface area contributed by atoms with Crippen LogP contribution in [0.2, 0.25) is 0 Å². The van der Waals surface area contributed by atoms with E-state index in [-0.39, 0.29) is 0 Å². The molecular weight excluding hydrogens is 156 g/mol. The Morgan fingerprint density at radius 2 is 1.54 bits per heavy atom. The summed E-state index contributed by atoms with van der Waals surface area (Å²) in [5, 5.41) is 0. The third-order valence-corrected chi connectivity index (χ3v) is 5.02. The summed E-state index contributed by atoms with van der Waals surface area (Å²) in [5.74, 6) is 6.31. The number of rotatable bonds is 3. The van der Waals surface area contributed by atoms with Gasteiger partial charge in [-0.15, -0.1) is 0 Å². The molecule has 0 spiro atoms. The highest BCUT2D eigenvalue weighted by Gasteiger charge is 2.47. The van der Waals surface area contributed by atoms with Gasteiger partial charge < -0.3 is 0 Å². The molecule has 2 rings (SSSR count). The van der Waals surface area contributed by atoms with Crippen molar-refractivity contribution in [1.82, 2.24) is 0 Å². The van der Waals surface area contributed by atoms with E-state index >= 15 is 0 Å². The van der Waals surface area contributed by atoms with E-state index < -0.39 is 0 Å². The highest BCUT2D eigenvalue weighted by Crippen LogP contribution is 2.54. The molecule has 0 nitrogen and oxygen atoms in total. The highest BCUT2D eigenvalue weighted by atomic mass is 14.5. The van der Waals surface area contributed by atoms with Gasteiger partial charge in [-0.3, -0.25) is 0 Å². The minimum atomic E-state index is 1.02. The second-order valence-corrected chi connectivity index (χ2v) is 5.66. The van der Waals surface area contributed by atoms with Gasteiger partial charge in [0.25, 0.3) is 0 Å². The van der Waals surface area contributed by atoms with Crippen molar-refractivity contribution in [3.05, 3.63) is 0 Å². The topological polar surface area (TPSA) is 0 Å². The summed E-state index contributed by atoms with van der Waals surface area (Å²) in [6.07, 6.45) is 4.46. The molecule has 0 heterocycles. The van der Waals surface area contributed by atoms with Gasteiger partial charge >= 0.3 is 0 Å². The lowest BCUT2D eigenvalue weighted by Gasteiger charge is -2.50. The lowest BCUT2D eigenvalue weighted by Crippen LogP contribution is -2.43. The van der Waals surface area contributed by atoms with Crippen LogP contribution in [-0.2, 0) is 0 Å². The minimum Gasteiger partial charge on any atom is -0.0651 e. The van der Waals surface area contributed by atoms with Gasteiger partial charge in [0.2, 0.25) is 0 Å². The fourth-order valence-electron chi connectivity index (χ4n) is 3.70. The van der Waals surface area contributed by atoms with Crippen LogP contribution in [0.25, 0.3) is 0 Å². The summed E-state index contributed by atoms with van der Waals surface area (Å²) < 4.78 is 0. The zero-order valence-electron chi connectivity index (χ0n) is 9.59. The Kier molecular flexibility index (Phi) is 2.42. The smallest absolute Gasteiger partial charge is 0.0354 e. The van der Waals surface area contributed by atoms with Crippen LogP contribution in [0.3, 0.4) is 0 Å². The first-order valence-electron chi connectivity index (χ1n) is 6.15. The van der Waals surface area contributed by atoms with Gasteiger partial charge in [0.1, 0.15) is 0 Å². The average molecular weight is 180 g/mol. The lowest BCUT2D eigenvalue weighted by molar-refractivity contribution is -0.0102. The zero-order valence-corrected chi connectivity index (χ0v) is 9.59. The molecular formula is C13H24. The summed E-state index contributed by atoms with van der Waals surface area (Å²) >= 11 is 0. The quantitative estimate of drug-likeness (QED) is 0.616. The van der Waals surface area contributed by atoms with Crippen LogP contribution >= 0.6 is 0 Å². The van der Waals surface area contributed by atoms with Crippen molar-refractivity contribution in [3.63, 3.8) is 0 Å². The van der Waals surface area contributed by atoms with Crippen molar-refractivity contribution in [2.75, 3.05) is 0 Å². The highest BCUT2D eigenvalue weighted by molar-refractivity contribution is 4.96. The fraction of sp³-hybridized carbons (Fsp3) is 1.00. The monoisotopic (exact) mass is 180 g/mol. The molecule has 0 aromatic heterocycles. The van der Waals surface area contributed by atoms with Crippen LogP contribution in [0.15, 0.2) is 0 Å². The van der Waals surface area contributed by atoms with E-state index in [1.165, 1.54) is 12.8 Å². The summed E-state index contributed by atoms with van der Waals surface area (Å²) in [6, 6.07) is 0. The molecule has 76 valence electrons. The molecule has 0 heteroatoms. The van der Waals surface area contributed by atoms with Crippen LogP contribution in [0.5, 0.6) is 0 Å². The summed E-state index contributed by atoms with van der Waals surface area (Å²) in [6.45, 7) is 9.72. The Balaban J connectivity index is 1.81. The maximum absolute atomic E-state index is 2.48. The molecule has 0 aromatic rings. The third-order valence-electron chi connectivity index (χ3n) is 5.02. The van der Waals surface area contributed by atoms with Gasteiger partial charge in [0.15, 0.2) is 0 Å². The molecule has 2 aliphatic rings. The Hall–Kier alpha value is 0. The summed E-state index contributed by atoms with van der Waals surface area (Å²) in [4.78, 5) is 0. The first kappa shape index (κ1) is 9.55. The Bertz CT molecular complexity index is 174. The molecule has 2 aliphatic carbocycles. The fourth-order valence-corrected chi connectivity index (χ4v) is 3.70. The molecule has 2 saturated carbocycles. The zero-order chi connectivity index (χ0) is 9.59. The normalized spacial score (nSPS) is 54.5. The first-order valence-corrected chi connectivity index (χ1v) is 6.15. The van der Waals surface area contributed by atoms with E-state index in [4.69, 9.17) is 0 Å². The lowest BCUT2D eigenvalue weighted by atomic mass is 9.56. The maximum atomic E-state index is 2.48. The van der Waals surface area contributed by atoms with Gasteiger partial charge in [-0.1, -0.05) is 34.1 Å². The van der Waals surface area contributed by atoms with Gasteiger partial charge in [0.05, 0.1) is 0 Å². The molecule has 13 heavy (non-hydrogen) atoms. The molecule has 2 fully saturated rings. The van der Waals surface area contributed by atoms with Crippen molar-refractivity contribution in [1.29, 1.82) is 0 Å². The van der Waals surface area contributed by atoms with Gasteiger partial charge in [0, 0.05) is 0 Å². The third kappa shape index (κ3) is 1.53. The molecule has 0 bridgehead atoms. The molecule has 4 unspecified atom stereocenters. The molecule has 0 saturated heterocycles.